The van der Waals surface area contributed by atoms with E-state index >= 15 is 0 Å². The third-order valence-electron chi connectivity index (χ3n) is 4.06. The molecule has 2 aromatic rings. The molecule has 1 fully saturated rings. The van der Waals surface area contributed by atoms with Gasteiger partial charge in [0.25, 0.3) is 11.8 Å². The third kappa shape index (κ3) is 3.26. The van der Waals surface area contributed by atoms with Gasteiger partial charge >= 0.3 is 0 Å². The van der Waals surface area contributed by atoms with E-state index in [1.165, 1.54) is 30.3 Å². The number of nitrogens with one attached hydrogen (secondary N) is 1. The maximum atomic E-state index is 13.2. The number of anilines is 1. The molecule has 1 saturated heterocycles. The van der Waals surface area contributed by atoms with Crippen LogP contribution in [-0.4, -0.2) is 30.1 Å². The molecule has 2 aliphatic rings. The molecule has 2 aromatic carbocycles. The Morgan fingerprint density at radius 3 is 2.48 bits per heavy atom. The monoisotopic (exact) mass is 384 g/mol. The van der Waals surface area contributed by atoms with Crippen molar-refractivity contribution in [3.05, 3.63) is 59.4 Å². The molecular formula is C19H13FN2O4S. The fraction of sp³-hybridized carbons (Fsp3) is 0.105. The summed E-state index contributed by atoms with van der Waals surface area (Å²) >= 11 is 5.11. The highest BCUT2D eigenvalue weighted by Crippen LogP contribution is 2.32. The molecule has 136 valence electrons. The predicted molar refractivity (Wildman–Crippen MR) is 100 cm³/mol. The van der Waals surface area contributed by atoms with Gasteiger partial charge in [-0.3, -0.25) is 19.8 Å². The summed E-state index contributed by atoms with van der Waals surface area (Å²) in [5.74, 6) is -0.476. The average Bonchev–Trinajstić information content (AvgIpc) is 2.66. The van der Waals surface area contributed by atoms with Crippen molar-refractivity contribution in [1.29, 1.82) is 0 Å². The van der Waals surface area contributed by atoms with Crippen LogP contribution in [0.25, 0.3) is 6.08 Å². The quantitative estimate of drug-likeness (QED) is 0.489. The Hall–Kier alpha value is -3.26. The van der Waals surface area contributed by atoms with Gasteiger partial charge in [-0.2, -0.15) is 0 Å². The number of carbonyl (C=O) groups excluding carboxylic acids is 2. The zero-order valence-corrected chi connectivity index (χ0v) is 14.7. The fourth-order valence-corrected chi connectivity index (χ4v) is 3.08. The van der Waals surface area contributed by atoms with Gasteiger partial charge in [-0.15, -0.1) is 0 Å². The molecule has 0 spiro atoms. The van der Waals surface area contributed by atoms with Gasteiger partial charge in [0.1, 0.15) is 24.6 Å². The lowest BCUT2D eigenvalue weighted by Gasteiger charge is -2.29. The summed E-state index contributed by atoms with van der Waals surface area (Å²) in [5.41, 5.74) is 0.869. The van der Waals surface area contributed by atoms with Crippen LogP contribution >= 0.6 is 12.2 Å². The van der Waals surface area contributed by atoms with Crippen molar-refractivity contribution in [2.45, 2.75) is 0 Å². The number of nitrogens with zero attached hydrogens (tertiary/aromatic N) is 1. The van der Waals surface area contributed by atoms with Crippen molar-refractivity contribution < 1.29 is 23.5 Å². The normalized spacial score (nSPS) is 17.9. The largest absolute Gasteiger partial charge is 0.486 e. The van der Waals surface area contributed by atoms with Gasteiger partial charge in [-0.05, 0) is 60.3 Å². The second kappa shape index (κ2) is 6.81. The van der Waals surface area contributed by atoms with Crippen molar-refractivity contribution in [2.75, 3.05) is 18.1 Å². The molecule has 0 atom stereocenters. The number of ether oxygens (including phenoxy) is 2. The van der Waals surface area contributed by atoms with E-state index in [1.54, 1.807) is 18.2 Å². The molecule has 1 N–H and O–H groups in total. The summed E-state index contributed by atoms with van der Waals surface area (Å²) < 4.78 is 24.2. The highest BCUT2D eigenvalue weighted by atomic mass is 32.1. The zero-order chi connectivity index (χ0) is 19.0. The van der Waals surface area contributed by atoms with Gasteiger partial charge < -0.3 is 9.47 Å². The van der Waals surface area contributed by atoms with Crippen molar-refractivity contribution in [3.8, 4) is 11.5 Å². The van der Waals surface area contributed by atoms with Crippen LogP contribution in [0.5, 0.6) is 11.5 Å². The molecule has 0 unspecified atom stereocenters. The van der Waals surface area contributed by atoms with Gasteiger partial charge in [0.15, 0.2) is 16.6 Å². The smallest absolute Gasteiger partial charge is 0.270 e. The molecule has 6 nitrogen and oxygen atoms in total. The van der Waals surface area contributed by atoms with E-state index in [2.05, 4.69) is 5.32 Å². The summed E-state index contributed by atoms with van der Waals surface area (Å²) in [5, 5.41) is 2.43. The van der Waals surface area contributed by atoms with Crippen LogP contribution in [-0.2, 0) is 9.59 Å². The lowest BCUT2D eigenvalue weighted by Crippen LogP contribution is -2.54. The molecule has 0 bridgehead atoms. The van der Waals surface area contributed by atoms with Crippen LogP contribution in [0, 0.1) is 5.82 Å². The molecule has 27 heavy (non-hydrogen) atoms. The highest BCUT2D eigenvalue weighted by molar-refractivity contribution is 7.80. The van der Waals surface area contributed by atoms with Gasteiger partial charge in [0.05, 0.1) is 5.69 Å². The van der Waals surface area contributed by atoms with Crippen molar-refractivity contribution in [3.63, 3.8) is 0 Å². The summed E-state index contributed by atoms with van der Waals surface area (Å²) in [6.45, 7) is 0.900. The minimum atomic E-state index is -0.599. The van der Waals surface area contributed by atoms with E-state index in [0.717, 1.165) is 4.90 Å². The molecule has 2 amide bonds. The van der Waals surface area contributed by atoms with Crippen molar-refractivity contribution in [2.24, 2.45) is 0 Å². The van der Waals surface area contributed by atoms with Gasteiger partial charge in [0, 0.05) is 0 Å². The Morgan fingerprint density at radius 2 is 1.74 bits per heavy atom. The number of carbonyl (C=O) groups is 2. The number of halogens is 1. The number of rotatable bonds is 2. The van der Waals surface area contributed by atoms with E-state index in [4.69, 9.17) is 21.7 Å². The molecule has 0 saturated carbocycles. The van der Waals surface area contributed by atoms with Crippen LogP contribution in [0.1, 0.15) is 5.56 Å². The van der Waals surface area contributed by atoms with E-state index in [-0.39, 0.29) is 10.7 Å². The number of hydrogen-bond acceptors (Lipinski definition) is 5. The molecule has 8 heteroatoms. The van der Waals surface area contributed by atoms with Gasteiger partial charge in [-0.1, -0.05) is 6.07 Å². The van der Waals surface area contributed by atoms with Crippen LogP contribution in [0.2, 0.25) is 0 Å². The minimum absolute atomic E-state index is 0.0593. The highest BCUT2D eigenvalue weighted by Gasteiger charge is 2.34. The van der Waals surface area contributed by atoms with Gasteiger partial charge in [0.2, 0.25) is 0 Å². The standard InChI is InChI=1S/C19H13FN2O4S/c20-12-2-4-13(5-3-12)22-18(24)14(17(23)21-19(22)27)9-11-1-6-15-16(10-11)26-8-7-25-15/h1-6,9-10H,7-8H2,(H,21,23,27). The second-order valence-corrected chi connectivity index (χ2v) is 6.22. The molecule has 0 aromatic heterocycles. The Kier molecular flexibility index (Phi) is 4.33. The first-order valence-electron chi connectivity index (χ1n) is 8.09. The fourth-order valence-electron chi connectivity index (χ4n) is 2.80. The Bertz CT molecular complexity index is 988. The summed E-state index contributed by atoms with van der Waals surface area (Å²) in [4.78, 5) is 26.3. The van der Waals surface area contributed by atoms with Crippen LogP contribution in [0.3, 0.4) is 0 Å². The number of thiocarbonyl (C=S) groups is 1. The summed E-state index contributed by atoms with van der Waals surface area (Å²) in [6, 6.07) is 10.4. The minimum Gasteiger partial charge on any atom is -0.486 e. The van der Waals surface area contributed by atoms with E-state index in [1.807, 2.05) is 0 Å². The lowest BCUT2D eigenvalue weighted by atomic mass is 10.1. The van der Waals surface area contributed by atoms with Crippen LogP contribution in [0.15, 0.2) is 48.0 Å². The maximum absolute atomic E-state index is 13.2. The number of fused-ring (bicyclic) bond motifs is 1. The summed E-state index contributed by atoms with van der Waals surface area (Å²) in [7, 11) is 0. The second-order valence-electron chi connectivity index (χ2n) is 5.84. The molecule has 0 aliphatic carbocycles. The topological polar surface area (TPSA) is 67.9 Å². The van der Waals surface area contributed by atoms with E-state index in [9.17, 15) is 14.0 Å². The van der Waals surface area contributed by atoms with Crippen LogP contribution < -0.4 is 19.7 Å². The molecule has 2 heterocycles. The first kappa shape index (κ1) is 17.2. The zero-order valence-electron chi connectivity index (χ0n) is 13.9. The van der Waals surface area contributed by atoms with Crippen molar-refractivity contribution in [1.82, 2.24) is 5.32 Å². The number of benzene rings is 2. The average molecular weight is 384 g/mol. The maximum Gasteiger partial charge on any atom is 0.270 e. The molecule has 4 rings (SSSR count). The van der Waals surface area contributed by atoms with Gasteiger partial charge in [-0.25, -0.2) is 4.39 Å². The first-order valence-corrected chi connectivity index (χ1v) is 8.50. The number of amides is 2. The SMILES string of the molecule is O=C1NC(=S)N(c2ccc(F)cc2)C(=O)C1=Cc1ccc2c(c1)OCCO2. The predicted octanol–water partition coefficient (Wildman–Crippen LogP) is 2.43. The Balaban J connectivity index is 1.70. The molecule has 2 aliphatic heterocycles. The molecule has 0 radical (unpaired) electrons. The van der Waals surface area contributed by atoms with E-state index in [0.29, 0.717) is 36.0 Å². The third-order valence-corrected chi connectivity index (χ3v) is 4.35. The Morgan fingerprint density at radius 1 is 1.04 bits per heavy atom. The first-order chi connectivity index (χ1) is 13.0. The molecular weight excluding hydrogens is 371 g/mol. The van der Waals surface area contributed by atoms with Crippen LogP contribution in [0.4, 0.5) is 10.1 Å². The number of hydrogen-bond donors (Lipinski definition) is 1. The van der Waals surface area contributed by atoms with E-state index < -0.39 is 17.6 Å². The summed E-state index contributed by atoms with van der Waals surface area (Å²) in [6.07, 6.45) is 1.45. The lowest BCUT2D eigenvalue weighted by molar-refractivity contribution is -0.122. The Labute approximate surface area is 159 Å². The van der Waals surface area contributed by atoms with Crippen molar-refractivity contribution >= 4 is 40.9 Å².